The fourth-order valence-electron chi connectivity index (χ4n) is 2.02. The zero-order chi connectivity index (χ0) is 11.1. The fourth-order valence-corrected chi connectivity index (χ4v) is 2.02. The quantitative estimate of drug-likeness (QED) is 0.788. The molecule has 80 valence electrons. The maximum absolute atomic E-state index is 14.3. The minimum Gasteiger partial charge on any atom is -0.481 e. The summed E-state index contributed by atoms with van der Waals surface area (Å²) < 4.78 is 14.3. The molecule has 3 nitrogen and oxygen atoms in total. The zero-order valence-electron chi connectivity index (χ0n) is 8.11. The summed E-state index contributed by atoms with van der Waals surface area (Å²) in [4.78, 5) is 11.0. The van der Waals surface area contributed by atoms with E-state index in [9.17, 15) is 9.18 Å². The molecule has 2 rings (SSSR count). The van der Waals surface area contributed by atoms with Crippen LogP contribution in [0, 0.1) is 5.41 Å². The van der Waals surface area contributed by atoms with E-state index in [4.69, 9.17) is 10.8 Å². The van der Waals surface area contributed by atoms with Crippen molar-refractivity contribution >= 4 is 5.97 Å². The van der Waals surface area contributed by atoms with Crippen molar-refractivity contribution in [3.05, 3.63) is 35.9 Å². The van der Waals surface area contributed by atoms with Crippen molar-refractivity contribution in [2.24, 2.45) is 11.1 Å². The summed E-state index contributed by atoms with van der Waals surface area (Å²) >= 11 is 0. The Morgan fingerprint density at radius 2 is 2.07 bits per heavy atom. The monoisotopic (exact) mass is 209 g/mol. The summed E-state index contributed by atoms with van der Waals surface area (Å²) in [6, 6.07) is 8.34. The van der Waals surface area contributed by atoms with Crippen LogP contribution >= 0.6 is 0 Å². The van der Waals surface area contributed by atoms with Gasteiger partial charge in [0.2, 0.25) is 0 Å². The van der Waals surface area contributed by atoms with Gasteiger partial charge in [0.25, 0.3) is 0 Å². The molecule has 15 heavy (non-hydrogen) atoms. The SMILES string of the molecule is NCC1(C(=O)O)CC1(F)c1ccccc1. The molecule has 0 bridgehead atoms. The summed E-state index contributed by atoms with van der Waals surface area (Å²) in [6.45, 7) is -0.173. The molecule has 0 aliphatic heterocycles. The lowest BCUT2D eigenvalue weighted by Crippen LogP contribution is -2.31. The molecule has 3 N–H and O–H groups in total. The molecule has 0 radical (unpaired) electrons. The second-order valence-electron chi connectivity index (χ2n) is 3.94. The minimum absolute atomic E-state index is 0.0319. The van der Waals surface area contributed by atoms with Crippen LogP contribution in [0.3, 0.4) is 0 Å². The maximum atomic E-state index is 14.3. The Hall–Kier alpha value is -1.42. The van der Waals surface area contributed by atoms with Crippen LogP contribution in [0.15, 0.2) is 30.3 Å². The number of hydrogen-bond acceptors (Lipinski definition) is 2. The normalized spacial score (nSPS) is 33.7. The average Bonchev–Trinajstić information content (AvgIpc) is 2.89. The molecule has 1 aromatic carbocycles. The number of alkyl halides is 1. The van der Waals surface area contributed by atoms with E-state index in [1.165, 1.54) is 0 Å². The zero-order valence-corrected chi connectivity index (χ0v) is 8.11. The highest BCUT2D eigenvalue weighted by Gasteiger charge is 2.74. The number of benzene rings is 1. The number of carbonyl (C=O) groups is 1. The van der Waals surface area contributed by atoms with Crippen molar-refractivity contribution in [2.45, 2.75) is 12.1 Å². The predicted octanol–water partition coefficient (Wildman–Crippen LogP) is 1.28. The Kier molecular flexibility index (Phi) is 2.04. The van der Waals surface area contributed by atoms with Crippen molar-refractivity contribution in [1.29, 1.82) is 0 Å². The Bertz CT molecular complexity index is 395. The lowest BCUT2D eigenvalue weighted by atomic mass is 9.97. The fraction of sp³-hybridized carbons (Fsp3) is 0.364. The molecule has 1 saturated carbocycles. The van der Waals surface area contributed by atoms with Gasteiger partial charge in [0, 0.05) is 13.0 Å². The first-order chi connectivity index (χ1) is 7.07. The molecule has 2 unspecified atom stereocenters. The second-order valence-corrected chi connectivity index (χ2v) is 3.94. The third-order valence-corrected chi connectivity index (χ3v) is 3.17. The third kappa shape index (κ3) is 1.18. The van der Waals surface area contributed by atoms with E-state index < -0.39 is 17.1 Å². The first kappa shape index (κ1) is 10.1. The Labute approximate surface area is 86.7 Å². The van der Waals surface area contributed by atoms with E-state index in [2.05, 4.69) is 0 Å². The van der Waals surface area contributed by atoms with Gasteiger partial charge in [0.1, 0.15) is 5.41 Å². The number of rotatable bonds is 3. The van der Waals surface area contributed by atoms with Crippen LogP contribution in [-0.2, 0) is 10.5 Å². The molecule has 0 spiro atoms. The van der Waals surface area contributed by atoms with E-state index in [0.29, 0.717) is 5.56 Å². The summed E-state index contributed by atoms with van der Waals surface area (Å²) in [5.74, 6) is -1.16. The summed E-state index contributed by atoms with van der Waals surface area (Å²) in [5.41, 5.74) is 2.54. The molecular weight excluding hydrogens is 197 g/mol. The van der Waals surface area contributed by atoms with Crippen LogP contribution in [0.4, 0.5) is 4.39 Å². The van der Waals surface area contributed by atoms with Gasteiger partial charge in [-0.3, -0.25) is 4.79 Å². The minimum atomic E-state index is -1.80. The molecule has 0 heterocycles. The smallest absolute Gasteiger partial charge is 0.314 e. The molecule has 4 heteroatoms. The van der Waals surface area contributed by atoms with E-state index in [1.807, 2.05) is 0 Å². The Balaban J connectivity index is 2.37. The Morgan fingerprint density at radius 3 is 2.47 bits per heavy atom. The van der Waals surface area contributed by atoms with Gasteiger partial charge in [-0.15, -0.1) is 0 Å². The van der Waals surface area contributed by atoms with Gasteiger partial charge in [-0.05, 0) is 5.56 Å². The van der Waals surface area contributed by atoms with Crippen LogP contribution in [0.5, 0.6) is 0 Å². The van der Waals surface area contributed by atoms with Crippen molar-refractivity contribution in [3.8, 4) is 0 Å². The predicted molar refractivity (Wildman–Crippen MR) is 53.0 cm³/mol. The lowest BCUT2D eigenvalue weighted by molar-refractivity contribution is -0.144. The van der Waals surface area contributed by atoms with Crippen LogP contribution in [0.1, 0.15) is 12.0 Å². The van der Waals surface area contributed by atoms with E-state index in [1.54, 1.807) is 30.3 Å². The van der Waals surface area contributed by atoms with Gasteiger partial charge in [0.15, 0.2) is 5.67 Å². The molecule has 0 saturated heterocycles. The number of carboxylic acids is 1. The number of aliphatic carboxylic acids is 1. The number of nitrogens with two attached hydrogens (primary N) is 1. The summed E-state index contributed by atoms with van der Waals surface area (Å²) in [6.07, 6.45) is -0.0319. The highest BCUT2D eigenvalue weighted by Crippen LogP contribution is 2.65. The first-order valence-electron chi connectivity index (χ1n) is 4.75. The highest BCUT2D eigenvalue weighted by molar-refractivity contribution is 5.82. The average molecular weight is 209 g/mol. The van der Waals surface area contributed by atoms with Crippen LogP contribution in [0.2, 0.25) is 0 Å². The summed E-state index contributed by atoms with van der Waals surface area (Å²) in [5, 5.41) is 8.98. The van der Waals surface area contributed by atoms with E-state index >= 15 is 0 Å². The Morgan fingerprint density at radius 1 is 1.47 bits per heavy atom. The van der Waals surface area contributed by atoms with Crippen molar-refractivity contribution in [3.63, 3.8) is 0 Å². The van der Waals surface area contributed by atoms with Gasteiger partial charge in [-0.2, -0.15) is 0 Å². The molecule has 0 amide bonds. The summed E-state index contributed by atoms with van der Waals surface area (Å²) in [7, 11) is 0. The van der Waals surface area contributed by atoms with Gasteiger partial charge in [-0.1, -0.05) is 30.3 Å². The maximum Gasteiger partial charge on any atom is 0.314 e. The standard InChI is InChI=1S/C11H12FNO2/c12-11(8-4-2-1-3-5-8)6-10(11,7-13)9(14)15/h1-5H,6-7,13H2,(H,14,15). The number of hydrogen-bond donors (Lipinski definition) is 2. The van der Waals surface area contributed by atoms with Crippen molar-refractivity contribution < 1.29 is 14.3 Å². The molecule has 1 aliphatic carbocycles. The molecule has 1 fully saturated rings. The van der Waals surface area contributed by atoms with Crippen LogP contribution in [-0.4, -0.2) is 17.6 Å². The number of carboxylic acid groups (broad SMARTS) is 1. The van der Waals surface area contributed by atoms with Gasteiger partial charge >= 0.3 is 5.97 Å². The van der Waals surface area contributed by atoms with Gasteiger partial charge in [0.05, 0.1) is 0 Å². The molecular formula is C11H12FNO2. The highest BCUT2D eigenvalue weighted by atomic mass is 19.1. The molecule has 1 aliphatic rings. The lowest BCUT2D eigenvalue weighted by Gasteiger charge is -2.14. The van der Waals surface area contributed by atoms with E-state index in [0.717, 1.165) is 0 Å². The number of halogens is 1. The molecule has 1 aromatic rings. The molecule has 0 aromatic heterocycles. The van der Waals surface area contributed by atoms with E-state index in [-0.39, 0.29) is 13.0 Å². The van der Waals surface area contributed by atoms with Gasteiger partial charge in [-0.25, -0.2) is 4.39 Å². The van der Waals surface area contributed by atoms with Crippen LogP contribution in [0.25, 0.3) is 0 Å². The first-order valence-corrected chi connectivity index (χ1v) is 4.75. The van der Waals surface area contributed by atoms with Crippen molar-refractivity contribution in [1.82, 2.24) is 0 Å². The topological polar surface area (TPSA) is 63.3 Å². The largest absolute Gasteiger partial charge is 0.481 e. The third-order valence-electron chi connectivity index (χ3n) is 3.17. The second kappa shape index (κ2) is 3.03. The van der Waals surface area contributed by atoms with Crippen molar-refractivity contribution in [2.75, 3.05) is 6.54 Å². The van der Waals surface area contributed by atoms with Gasteiger partial charge < -0.3 is 10.8 Å². The molecule has 2 atom stereocenters. The van der Waals surface area contributed by atoms with Crippen LogP contribution < -0.4 is 5.73 Å².